The molecule has 7 heteroatoms. The van der Waals surface area contributed by atoms with Gasteiger partial charge in [-0.05, 0) is 54.0 Å². The lowest BCUT2D eigenvalue weighted by molar-refractivity contribution is -0.124. The second-order valence-corrected chi connectivity index (χ2v) is 8.23. The van der Waals surface area contributed by atoms with Gasteiger partial charge in [-0.2, -0.15) is 5.26 Å². The Balaban J connectivity index is 1.25. The molecule has 1 amide bonds. The number of piperidine rings is 1. The predicted molar refractivity (Wildman–Crippen MR) is 112 cm³/mol. The van der Waals surface area contributed by atoms with Crippen molar-refractivity contribution in [1.29, 1.82) is 5.26 Å². The summed E-state index contributed by atoms with van der Waals surface area (Å²) in [4.78, 5) is 26.6. The maximum atomic E-state index is 12.6. The van der Waals surface area contributed by atoms with E-state index in [1.807, 2.05) is 36.4 Å². The minimum absolute atomic E-state index is 0.0622. The molecule has 3 N–H and O–H groups in total. The van der Waals surface area contributed by atoms with Gasteiger partial charge in [0.2, 0.25) is 5.91 Å². The summed E-state index contributed by atoms with van der Waals surface area (Å²) < 4.78 is 5.04. The summed E-state index contributed by atoms with van der Waals surface area (Å²) in [6, 6.07) is 15.4. The number of amides is 1. The Kier molecular flexibility index (Phi) is 4.64. The van der Waals surface area contributed by atoms with E-state index in [4.69, 9.17) is 4.42 Å². The van der Waals surface area contributed by atoms with Crippen LogP contribution in [0.1, 0.15) is 24.8 Å². The van der Waals surface area contributed by atoms with Crippen molar-refractivity contribution < 1.29 is 9.21 Å². The van der Waals surface area contributed by atoms with E-state index >= 15 is 0 Å². The highest BCUT2D eigenvalue weighted by molar-refractivity contribution is 5.83. The zero-order chi connectivity index (χ0) is 20.7. The highest BCUT2D eigenvalue weighted by Gasteiger charge is 2.43. The number of aromatic amines is 1. The summed E-state index contributed by atoms with van der Waals surface area (Å²) in [6.07, 6.45) is 3.76. The molecule has 2 heterocycles. The number of carbonyl (C=O) groups is 1. The number of fused-ring (bicyclic) bond motifs is 3. The van der Waals surface area contributed by atoms with Crippen molar-refractivity contribution in [1.82, 2.24) is 15.6 Å². The van der Waals surface area contributed by atoms with Crippen LogP contribution in [-0.4, -0.2) is 29.0 Å². The summed E-state index contributed by atoms with van der Waals surface area (Å²) in [6.45, 7) is 0. The molecule has 2 fully saturated rings. The van der Waals surface area contributed by atoms with Crippen LogP contribution in [0.3, 0.4) is 0 Å². The number of nitrogens with zero attached hydrogens (tertiary/aromatic N) is 1. The van der Waals surface area contributed by atoms with Crippen LogP contribution in [0.2, 0.25) is 0 Å². The fourth-order valence-electron chi connectivity index (χ4n) is 4.74. The summed E-state index contributed by atoms with van der Waals surface area (Å²) >= 11 is 0. The normalized spacial score (nSPS) is 23.4. The summed E-state index contributed by atoms with van der Waals surface area (Å²) in [7, 11) is 0. The van der Waals surface area contributed by atoms with E-state index in [1.54, 1.807) is 6.07 Å². The Labute approximate surface area is 173 Å². The number of carbonyl (C=O) groups excluding carboxylic acids is 1. The van der Waals surface area contributed by atoms with Gasteiger partial charge in [-0.25, -0.2) is 4.79 Å². The second-order valence-electron chi connectivity index (χ2n) is 8.23. The number of oxazole rings is 1. The molecule has 2 aromatic carbocycles. The summed E-state index contributed by atoms with van der Waals surface area (Å²) in [5.41, 5.74) is 4.11. The van der Waals surface area contributed by atoms with E-state index in [9.17, 15) is 14.9 Å². The standard InChI is InChI=1S/C23H22N4O3/c24-12-18(26-22(28)21-16-5-7-17(10-16)25-21)9-13-1-3-14(4-2-13)15-6-8-20-19(11-15)27-23(29)30-20/h1-4,6,8,11,16-18,21,25H,5,7,9-10H2,(H,26,28)(H,27,29)/t16-,17+,18-,21?/m0/s1. The smallest absolute Gasteiger partial charge is 0.408 e. The zero-order valence-corrected chi connectivity index (χ0v) is 16.4. The van der Waals surface area contributed by atoms with Crippen molar-refractivity contribution in [2.24, 2.45) is 5.92 Å². The van der Waals surface area contributed by atoms with Gasteiger partial charge in [0.25, 0.3) is 0 Å². The average molecular weight is 402 g/mol. The van der Waals surface area contributed by atoms with Gasteiger partial charge in [0, 0.05) is 12.5 Å². The van der Waals surface area contributed by atoms with Gasteiger partial charge < -0.3 is 15.1 Å². The predicted octanol–water partition coefficient (Wildman–Crippen LogP) is 2.48. The van der Waals surface area contributed by atoms with Crippen molar-refractivity contribution in [3.05, 3.63) is 58.6 Å². The monoisotopic (exact) mass is 402 g/mol. The van der Waals surface area contributed by atoms with Gasteiger partial charge in [-0.3, -0.25) is 9.78 Å². The number of aromatic nitrogens is 1. The molecule has 1 saturated carbocycles. The van der Waals surface area contributed by atoms with Gasteiger partial charge in [0.15, 0.2) is 5.58 Å². The van der Waals surface area contributed by atoms with Crippen LogP contribution in [0.5, 0.6) is 0 Å². The molecule has 2 aliphatic rings. The fraction of sp³-hybridized carbons (Fsp3) is 0.348. The van der Waals surface area contributed by atoms with E-state index < -0.39 is 11.8 Å². The lowest BCUT2D eigenvalue weighted by Crippen LogP contribution is -2.50. The molecular formula is C23H22N4O3. The quantitative estimate of drug-likeness (QED) is 0.607. The van der Waals surface area contributed by atoms with E-state index in [-0.39, 0.29) is 11.9 Å². The molecule has 5 rings (SSSR count). The molecule has 0 spiro atoms. The minimum atomic E-state index is -0.559. The van der Waals surface area contributed by atoms with Crippen LogP contribution in [0.15, 0.2) is 51.7 Å². The molecule has 152 valence electrons. The van der Waals surface area contributed by atoms with E-state index in [0.717, 1.165) is 36.0 Å². The SMILES string of the molecule is N#C[C@H](Cc1ccc(-c2ccc3oc(=O)[nH]c3c2)cc1)NC(=O)C1N[C@@H]2CC[C@H]1C2. The Hall–Kier alpha value is -3.37. The lowest BCUT2D eigenvalue weighted by Gasteiger charge is -2.23. The first-order chi connectivity index (χ1) is 14.6. The molecular weight excluding hydrogens is 380 g/mol. The van der Waals surface area contributed by atoms with Gasteiger partial charge in [0.05, 0.1) is 17.6 Å². The first-order valence-corrected chi connectivity index (χ1v) is 10.3. The van der Waals surface area contributed by atoms with Crippen LogP contribution in [-0.2, 0) is 11.2 Å². The fourth-order valence-corrected chi connectivity index (χ4v) is 4.74. The molecule has 1 aliphatic carbocycles. The Bertz CT molecular complexity index is 1190. The maximum absolute atomic E-state index is 12.6. The molecule has 7 nitrogen and oxygen atoms in total. The zero-order valence-electron chi connectivity index (χ0n) is 16.4. The highest BCUT2D eigenvalue weighted by Crippen LogP contribution is 2.35. The van der Waals surface area contributed by atoms with Crippen molar-refractivity contribution in [3.63, 3.8) is 0 Å². The van der Waals surface area contributed by atoms with Crippen LogP contribution < -0.4 is 16.4 Å². The van der Waals surface area contributed by atoms with Gasteiger partial charge in [-0.15, -0.1) is 0 Å². The van der Waals surface area contributed by atoms with Crippen molar-refractivity contribution >= 4 is 17.0 Å². The number of benzene rings is 2. The number of nitrogens with one attached hydrogen (secondary N) is 3. The van der Waals surface area contributed by atoms with Gasteiger partial charge in [-0.1, -0.05) is 30.3 Å². The molecule has 30 heavy (non-hydrogen) atoms. The number of H-pyrrole nitrogens is 1. The molecule has 1 aliphatic heterocycles. The molecule has 1 unspecified atom stereocenters. The third-order valence-corrected chi connectivity index (χ3v) is 6.26. The highest BCUT2D eigenvalue weighted by atomic mass is 16.4. The number of hydrogen-bond donors (Lipinski definition) is 3. The minimum Gasteiger partial charge on any atom is -0.408 e. The van der Waals surface area contributed by atoms with E-state index in [0.29, 0.717) is 29.5 Å². The van der Waals surface area contributed by atoms with Crippen molar-refractivity contribution in [2.45, 2.75) is 43.8 Å². The summed E-state index contributed by atoms with van der Waals surface area (Å²) in [5, 5.41) is 15.8. The Morgan fingerprint density at radius 2 is 2.00 bits per heavy atom. The van der Waals surface area contributed by atoms with Crippen LogP contribution in [0.4, 0.5) is 0 Å². The van der Waals surface area contributed by atoms with Crippen LogP contribution >= 0.6 is 0 Å². The molecule has 3 aromatic rings. The van der Waals surface area contributed by atoms with E-state index in [2.05, 4.69) is 21.7 Å². The molecule has 2 bridgehead atoms. The molecule has 0 radical (unpaired) electrons. The topological polar surface area (TPSA) is 111 Å². The summed E-state index contributed by atoms with van der Waals surface area (Å²) in [5.74, 6) is -0.133. The molecule has 4 atom stereocenters. The van der Waals surface area contributed by atoms with E-state index in [1.165, 1.54) is 0 Å². The Morgan fingerprint density at radius 1 is 1.20 bits per heavy atom. The van der Waals surface area contributed by atoms with Crippen molar-refractivity contribution in [3.8, 4) is 17.2 Å². The number of nitriles is 1. The molecule has 1 aromatic heterocycles. The average Bonchev–Trinajstić information content (AvgIpc) is 3.48. The second kappa shape index (κ2) is 7.47. The first-order valence-electron chi connectivity index (χ1n) is 10.3. The Morgan fingerprint density at radius 3 is 2.70 bits per heavy atom. The van der Waals surface area contributed by atoms with Crippen LogP contribution in [0.25, 0.3) is 22.2 Å². The number of rotatable bonds is 5. The lowest BCUT2D eigenvalue weighted by atomic mass is 9.98. The third kappa shape index (κ3) is 3.51. The number of hydrogen-bond acceptors (Lipinski definition) is 5. The van der Waals surface area contributed by atoms with Gasteiger partial charge in [0.1, 0.15) is 6.04 Å². The first kappa shape index (κ1) is 18.6. The maximum Gasteiger partial charge on any atom is 0.417 e. The third-order valence-electron chi connectivity index (χ3n) is 6.26. The van der Waals surface area contributed by atoms with Gasteiger partial charge >= 0.3 is 5.76 Å². The van der Waals surface area contributed by atoms with Crippen LogP contribution in [0, 0.1) is 17.2 Å². The molecule has 1 saturated heterocycles. The van der Waals surface area contributed by atoms with Crippen molar-refractivity contribution in [2.75, 3.05) is 0 Å². The largest absolute Gasteiger partial charge is 0.417 e.